The van der Waals surface area contributed by atoms with Gasteiger partial charge in [0.25, 0.3) is 11.8 Å². The molecule has 2 aromatic rings. The van der Waals surface area contributed by atoms with Crippen LogP contribution in [0.5, 0.6) is 11.5 Å². The fourth-order valence-electron chi connectivity index (χ4n) is 4.61. The van der Waals surface area contributed by atoms with Gasteiger partial charge in [0, 0.05) is 71.8 Å². The molecule has 12 heteroatoms. The van der Waals surface area contributed by atoms with E-state index in [1.807, 2.05) is 36.4 Å². The SMILES string of the molecule is COc1ccc2c(c1)CN(C(=O)C(=O)CCCSSCCCC(=O)C(=O)N1CCSc3ccc(OC)cc3C1)CCS2. The second-order valence-electron chi connectivity index (χ2n) is 9.80. The molecule has 0 N–H and O–H groups in total. The third kappa shape index (κ3) is 9.11. The molecule has 2 aromatic carbocycles. The van der Waals surface area contributed by atoms with Gasteiger partial charge in [-0.05, 0) is 60.4 Å². The van der Waals surface area contributed by atoms with Gasteiger partial charge in [-0.1, -0.05) is 21.6 Å². The lowest BCUT2D eigenvalue weighted by atomic mass is 10.1. The fourth-order valence-corrected chi connectivity index (χ4v) is 8.79. The molecule has 0 saturated carbocycles. The van der Waals surface area contributed by atoms with Crippen molar-refractivity contribution < 1.29 is 28.7 Å². The van der Waals surface area contributed by atoms with Crippen molar-refractivity contribution in [2.45, 2.75) is 48.6 Å². The van der Waals surface area contributed by atoms with Crippen molar-refractivity contribution in [1.29, 1.82) is 0 Å². The Hall–Kier alpha value is -2.28. The predicted molar refractivity (Wildman–Crippen MR) is 172 cm³/mol. The maximum atomic E-state index is 12.8. The maximum Gasteiger partial charge on any atom is 0.290 e. The number of carbonyl (C=O) groups excluding carboxylic acids is 4. The molecule has 0 aromatic heterocycles. The number of methoxy groups -OCH3 is 2. The normalized spacial score (nSPS) is 14.7. The Morgan fingerprint density at radius 1 is 0.714 bits per heavy atom. The van der Waals surface area contributed by atoms with Crippen LogP contribution in [0.2, 0.25) is 0 Å². The molecule has 2 amide bonds. The lowest BCUT2D eigenvalue weighted by Gasteiger charge is -2.20. The Kier molecular flexibility index (Phi) is 12.8. The molecular formula is C30H36N2O6S4. The number of benzene rings is 2. The zero-order chi connectivity index (χ0) is 29.9. The average molecular weight is 649 g/mol. The number of ether oxygens (including phenoxy) is 2. The lowest BCUT2D eigenvalue weighted by molar-refractivity contribution is -0.144. The molecule has 0 fully saturated rings. The summed E-state index contributed by atoms with van der Waals surface area (Å²) in [6.07, 6.45) is 1.67. The predicted octanol–water partition coefficient (Wildman–Crippen LogP) is 5.35. The summed E-state index contributed by atoms with van der Waals surface area (Å²) in [7, 11) is 6.49. The minimum Gasteiger partial charge on any atom is -0.497 e. The fraction of sp³-hybridized carbons (Fsp3) is 0.467. The van der Waals surface area contributed by atoms with Crippen molar-refractivity contribution in [3.63, 3.8) is 0 Å². The lowest BCUT2D eigenvalue weighted by Crippen LogP contribution is -2.37. The van der Waals surface area contributed by atoms with E-state index in [1.165, 1.54) is 0 Å². The first-order valence-corrected chi connectivity index (χ1v) is 18.3. The first kappa shape index (κ1) is 32.6. The number of carbonyl (C=O) groups is 4. The molecule has 0 bridgehead atoms. The van der Waals surface area contributed by atoms with E-state index in [0.717, 1.165) is 55.4 Å². The van der Waals surface area contributed by atoms with E-state index >= 15 is 0 Å². The van der Waals surface area contributed by atoms with Crippen molar-refractivity contribution >= 4 is 68.5 Å². The highest BCUT2D eigenvalue weighted by Crippen LogP contribution is 2.32. The Morgan fingerprint density at radius 2 is 1.14 bits per heavy atom. The molecule has 0 unspecified atom stereocenters. The van der Waals surface area contributed by atoms with Crippen LogP contribution in [-0.2, 0) is 32.3 Å². The van der Waals surface area contributed by atoms with Crippen molar-refractivity contribution in [3.8, 4) is 11.5 Å². The Balaban J connectivity index is 1.10. The number of thioether (sulfide) groups is 2. The van der Waals surface area contributed by atoms with Gasteiger partial charge in [0.15, 0.2) is 0 Å². The highest BCUT2D eigenvalue weighted by molar-refractivity contribution is 8.76. The molecule has 2 aliphatic rings. The van der Waals surface area contributed by atoms with Crippen LogP contribution in [0.1, 0.15) is 36.8 Å². The highest BCUT2D eigenvalue weighted by atomic mass is 33.1. The monoisotopic (exact) mass is 648 g/mol. The number of hydrogen-bond donors (Lipinski definition) is 0. The van der Waals surface area contributed by atoms with Crippen molar-refractivity contribution in [2.75, 3.05) is 50.3 Å². The van der Waals surface area contributed by atoms with Gasteiger partial charge in [-0.3, -0.25) is 19.2 Å². The molecule has 0 atom stereocenters. The first-order valence-electron chi connectivity index (χ1n) is 13.9. The van der Waals surface area contributed by atoms with Crippen LogP contribution in [0.3, 0.4) is 0 Å². The van der Waals surface area contributed by atoms with Gasteiger partial charge in [-0.15, -0.1) is 23.5 Å². The number of ketones is 2. The topological polar surface area (TPSA) is 93.2 Å². The Labute approximate surface area is 263 Å². The molecule has 8 nitrogen and oxygen atoms in total. The van der Waals surface area contributed by atoms with E-state index in [4.69, 9.17) is 9.47 Å². The van der Waals surface area contributed by atoms with Crippen molar-refractivity contribution in [3.05, 3.63) is 47.5 Å². The highest BCUT2D eigenvalue weighted by Gasteiger charge is 2.26. The average Bonchev–Trinajstić information content (AvgIpc) is 3.36. The summed E-state index contributed by atoms with van der Waals surface area (Å²) in [5.74, 6) is 2.91. The third-order valence-corrected chi connectivity index (χ3v) is 11.7. The molecule has 0 spiro atoms. The largest absolute Gasteiger partial charge is 0.497 e. The minimum absolute atomic E-state index is 0.219. The van der Waals surface area contributed by atoms with Gasteiger partial charge in [0.1, 0.15) is 11.5 Å². The molecule has 2 heterocycles. The van der Waals surface area contributed by atoms with Gasteiger partial charge >= 0.3 is 0 Å². The number of nitrogens with zero attached hydrogens (tertiary/aromatic N) is 2. The Bertz CT molecular complexity index is 1190. The van der Waals surface area contributed by atoms with Gasteiger partial charge in [-0.25, -0.2) is 0 Å². The standard InChI is InChI=1S/C30H36N2O6S4/c1-37-23-7-9-27-21(17-23)19-31(11-15-39-27)29(35)25(33)5-3-13-41-42-14-4-6-26(34)30(36)32-12-16-40-28-10-8-24(38-2)18-22(28)20-32/h7-10,17-18H,3-6,11-16,19-20H2,1-2H3. The van der Waals surface area contributed by atoms with Crippen LogP contribution in [0.15, 0.2) is 46.2 Å². The van der Waals surface area contributed by atoms with Crippen molar-refractivity contribution in [1.82, 2.24) is 9.80 Å². The summed E-state index contributed by atoms with van der Waals surface area (Å²) in [5.41, 5.74) is 2.00. The molecule has 0 aliphatic carbocycles. The van der Waals surface area contributed by atoms with Crippen LogP contribution in [0, 0.1) is 0 Å². The zero-order valence-corrected chi connectivity index (χ0v) is 27.2. The maximum absolute atomic E-state index is 12.8. The molecule has 4 rings (SSSR count). The Morgan fingerprint density at radius 3 is 1.55 bits per heavy atom. The number of amides is 2. The molecule has 0 radical (unpaired) electrons. The number of Topliss-reactive ketones (excluding diaryl/α,β-unsaturated/α-hetero) is 2. The van der Waals surface area contributed by atoms with Crippen LogP contribution >= 0.6 is 45.1 Å². The van der Waals surface area contributed by atoms with E-state index in [9.17, 15) is 19.2 Å². The summed E-state index contributed by atoms with van der Waals surface area (Å²) in [6, 6.07) is 11.7. The van der Waals surface area contributed by atoms with E-state index in [-0.39, 0.29) is 24.4 Å². The molecular weight excluding hydrogens is 613 g/mol. The summed E-state index contributed by atoms with van der Waals surface area (Å²) < 4.78 is 10.6. The van der Waals surface area contributed by atoms with E-state index in [0.29, 0.717) is 39.0 Å². The second-order valence-corrected chi connectivity index (χ2v) is 14.8. The van der Waals surface area contributed by atoms with Crippen LogP contribution < -0.4 is 9.47 Å². The first-order chi connectivity index (χ1) is 20.4. The summed E-state index contributed by atoms with van der Waals surface area (Å²) in [5, 5.41) is 0. The summed E-state index contributed by atoms with van der Waals surface area (Å²) >= 11 is 3.38. The molecule has 2 aliphatic heterocycles. The van der Waals surface area contributed by atoms with E-state index in [2.05, 4.69) is 0 Å². The number of fused-ring (bicyclic) bond motifs is 2. The minimum atomic E-state index is -0.419. The van der Waals surface area contributed by atoms with Crippen molar-refractivity contribution in [2.24, 2.45) is 0 Å². The molecule has 0 saturated heterocycles. The molecule has 42 heavy (non-hydrogen) atoms. The van der Waals surface area contributed by atoms with Crippen LogP contribution in [0.25, 0.3) is 0 Å². The van der Waals surface area contributed by atoms with Gasteiger partial charge < -0.3 is 19.3 Å². The summed E-state index contributed by atoms with van der Waals surface area (Å²) in [6.45, 7) is 1.90. The molecule has 226 valence electrons. The third-order valence-electron chi connectivity index (χ3n) is 6.89. The van der Waals surface area contributed by atoms with Crippen LogP contribution in [0.4, 0.5) is 0 Å². The quantitative estimate of drug-likeness (QED) is 0.161. The summed E-state index contributed by atoms with van der Waals surface area (Å²) in [4.78, 5) is 56.3. The van der Waals surface area contributed by atoms with Gasteiger partial charge in [-0.2, -0.15) is 0 Å². The zero-order valence-electron chi connectivity index (χ0n) is 23.9. The van der Waals surface area contributed by atoms with Gasteiger partial charge in [0.05, 0.1) is 14.2 Å². The van der Waals surface area contributed by atoms with E-state index in [1.54, 1.807) is 69.1 Å². The second kappa shape index (κ2) is 16.5. The number of rotatable bonds is 13. The van der Waals surface area contributed by atoms with Gasteiger partial charge in [0.2, 0.25) is 11.6 Å². The number of hydrogen-bond acceptors (Lipinski definition) is 10. The van der Waals surface area contributed by atoms with Crippen LogP contribution in [-0.4, -0.2) is 83.5 Å². The smallest absolute Gasteiger partial charge is 0.290 e. The van der Waals surface area contributed by atoms with E-state index < -0.39 is 11.8 Å².